The lowest BCUT2D eigenvalue weighted by Crippen LogP contribution is -2.18. The Kier molecular flexibility index (Phi) is 8.15. The summed E-state index contributed by atoms with van der Waals surface area (Å²) in [6, 6.07) is 1.52. The van der Waals surface area contributed by atoms with Crippen LogP contribution in [0.4, 0.5) is 17.6 Å². The molecule has 0 radical (unpaired) electrons. The van der Waals surface area contributed by atoms with Crippen molar-refractivity contribution in [1.82, 2.24) is 0 Å². The molecule has 8 heteroatoms. The summed E-state index contributed by atoms with van der Waals surface area (Å²) < 4.78 is 56.8. The maximum absolute atomic E-state index is 13.7. The number of esters is 1. The Morgan fingerprint density at radius 1 is 1.24 bits per heavy atom. The van der Waals surface area contributed by atoms with Crippen LogP contribution in [0.2, 0.25) is 5.02 Å². The Bertz CT molecular complexity index is 567. The van der Waals surface area contributed by atoms with E-state index in [0.717, 1.165) is 12.5 Å². The third-order valence-corrected chi connectivity index (χ3v) is 4.08. The summed E-state index contributed by atoms with van der Waals surface area (Å²) in [5.41, 5.74) is -1.62. The molecule has 3 nitrogen and oxygen atoms in total. The van der Waals surface area contributed by atoms with Crippen LogP contribution in [-0.2, 0) is 15.7 Å². The summed E-state index contributed by atoms with van der Waals surface area (Å²) >= 11 is 5.52. The largest absolute Gasteiger partial charge is 0.466 e. The van der Waals surface area contributed by atoms with E-state index in [0.29, 0.717) is 12.5 Å². The second-order valence-electron chi connectivity index (χ2n) is 5.69. The number of aliphatic hydroxyl groups excluding tert-OH is 1. The fourth-order valence-electron chi connectivity index (χ4n) is 2.57. The van der Waals surface area contributed by atoms with E-state index in [1.807, 2.05) is 6.92 Å². The van der Waals surface area contributed by atoms with Crippen molar-refractivity contribution in [2.45, 2.75) is 51.8 Å². The number of carbonyl (C=O) groups excluding carboxylic acids is 1. The van der Waals surface area contributed by atoms with Gasteiger partial charge in [-0.05, 0) is 43.9 Å². The lowest BCUT2D eigenvalue weighted by atomic mass is 9.93. The number of hydrogen-bond donors (Lipinski definition) is 1. The molecule has 1 rings (SSSR count). The number of carbonyl (C=O) groups is 1. The smallest absolute Gasteiger partial charge is 0.420 e. The van der Waals surface area contributed by atoms with Gasteiger partial charge in [0, 0.05) is 0 Å². The highest BCUT2D eigenvalue weighted by molar-refractivity contribution is 6.31. The Labute approximate surface area is 148 Å². The van der Waals surface area contributed by atoms with Crippen molar-refractivity contribution >= 4 is 17.6 Å². The summed E-state index contributed by atoms with van der Waals surface area (Å²) in [5.74, 6) is -2.34. The van der Waals surface area contributed by atoms with Gasteiger partial charge >= 0.3 is 12.1 Å². The van der Waals surface area contributed by atoms with Crippen molar-refractivity contribution in [1.29, 1.82) is 0 Å². The van der Waals surface area contributed by atoms with Crippen LogP contribution < -0.4 is 0 Å². The Balaban J connectivity index is 2.86. The molecule has 0 amide bonds. The van der Waals surface area contributed by atoms with Crippen molar-refractivity contribution in [3.8, 4) is 0 Å². The molecule has 0 saturated heterocycles. The summed E-state index contributed by atoms with van der Waals surface area (Å²) in [5, 5.41) is 9.32. The van der Waals surface area contributed by atoms with Gasteiger partial charge in [0.2, 0.25) is 0 Å². The molecule has 0 fully saturated rings. The van der Waals surface area contributed by atoms with Gasteiger partial charge in [-0.2, -0.15) is 13.2 Å². The molecule has 2 atom stereocenters. The van der Waals surface area contributed by atoms with E-state index in [1.165, 1.54) is 0 Å². The van der Waals surface area contributed by atoms with Crippen molar-refractivity contribution in [2.24, 2.45) is 5.92 Å². The molecule has 0 bridgehead atoms. The molecule has 142 valence electrons. The van der Waals surface area contributed by atoms with Crippen LogP contribution in [0.25, 0.3) is 0 Å². The van der Waals surface area contributed by atoms with Gasteiger partial charge < -0.3 is 9.84 Å². The first-order valence-corrected chi connectivity index (χ1v) is 8.40. The minimum Gasteiger partial charge on any atom is -0.466 e. The molecule has 0 heterocycles. The Morgan fingerprint density at radius 2 is 1.88 bits per heavy atom. The van der Waals surface area contributed by atoms with Gasteiger partial charge in [0.25, 0.3) is 0 Å². The predicted molar refractivity (Wildman–Crippen MR) is 85.6 cm³/mol. The molecule has 1 aromatic rings. The van der Waals surface area contributed by atoms with E-state index in [1.54, 1.807) is 6.92 Å². The number of benzene rings is 1. The van der Waals surface area contributed by atoms with Crippen molar-refractivity contribution < 1.29 is 32.2 Å². The van der Waals surface area contributed by atoms with E-state index < -0.39 is 34.6 Å². The molecular weight excluding hydrogens is 364 g/mol. The van der Waals surface area contributed by atoms with Crippen molar-refractivity contribution in [3.05, 3.63) is 34.1 Å². The first-order valence-electron chi connectivity index (χ1n) is 8.02. The zero-order valence-electron chi connectivity index (χ0n) is 14.0. The number of rotatable bonds is 8. The molecule has 1 N–H and O–H groups in total. The quantitative estimate of drug-likeness (QED) is 0.489. The first kappa shape index (κ1) is 21.7. The molecule has 2 unspecified atom stereocenters. The first-order chi connectivity index (χ1) is 11.6. The zero-order valence-corrected chi connectivity index (χ0v) is 14.8. The maximum Gasteiger partial charge on any atom is 0.420 e. The minimum atomic E-state index is -4.92. The van der Waals surface area contributed by atoms with Gasteiger partial charge in [0.05, 0.1) is 23.7 Å². The van der Waals surface area contributed by atoms with Crippen LogP contribution >= 0.6 is 11.6 Å². The third kappa shape index (κ3) is 6.15. The number of aliphatic hydroxyl groups is 1. The summed E-state index contributed by atoms with van der Waals surface area (Å²) in [6.07, 6.45) is -4.50. The summed E-state index contributed by atoms with van der Waals surface area (Å²) in [4.78, 5) is 11.8. The fourth-order valence-corrected chi connectivity index (χ4v) is 2.89. The predicted octanol–water partition coefficient (Wildman–Crippen LogP) is 5.29. The molecule has 25 heavy (non-hydrogen) atoms. The summed E-state index contributed by atoms with van der Waals surface area (Å²) in [6.45, 7) is 3.82. The fraction of sp³-hybridized carbons (Fsp3) is 0.588. The number of alkyl halides is 3. The average Bonchev–Trinajstić information content (AvgIpc) is 2.49. The third-order valence-electron chi connectivity index (χ3n) is 3.78. The second kappa shape index (κ2) is 9.38. The van der Waals surface area contributed by atoms with E-state index >= 15 is 0 Å². The number of halogens is 5. The van der Waals surface area contributed by atoms with Crippen molar-refractivity contribution in [3.63, 3.8) is 0 Å². The second-order valence-corrected chi connectivity index (χ2v) is 6.10. The zero-order chi connectivity index (χ0) is 19.2. The average molecular weight is 385 g/mol. The highest BCUT2D eigenvalue weighted by Crippen LogP contribution is 2.38. The number of ether oxygens (including phenoxy) is 1. The highest BCUT2D eigenvalue weighted by atomic mass is 35.5. The molecule has 0 spiro atoms. The van der Waals surface area contributed by atoms with Crippen LogP contribution in [0, 0.1) is 11.7 Å². The van der Waals surface area contributed by atoms with Crippen LogP contribution in [0.3, 0.4) is 0 Å². The van der Waals surface area contributed by atoms with Crippen LogP contribution in [0.15, 0.2) is 12.1 Å². The topological polar surface area (TPSA) is 46.5 Å². The lowest BCUT2D eigenvalue weighted by Gasteiger charge is -2.18. The van der Waals surface area contributed by atoms with Gasteiger partial charge in [-0.3, -0.25) is 4.79 Å². The van der Waals surface area contributed by atoms with Crippen LogP contribution in [0.5, 0.6) is 0 Å². The van der Waals surface area contributed by atoms with E-state index in [9.17, 15) is 27.5 Å². The standard InChI is InChI=1S/C17H21ClF4O3/c1-3-5-10(16(24)25-4-2)6-7-14(23)11-8-12(18)15(13(19)9-11)17(20,21)22/h8-10,14,23H,3-7H2,1-2H3. The van der Waals surface area contributed by atoms with E-state index in [-0.39, 0.29) is 31.0 Å². The molecule has 0 aliphatic heterocycles. The van der Waals surface area contributed by atoms with Crippen LogP contribution in [-0.4, -0.2) is 17.7 Å². The molecule has 0 aliphatic carbocycles. The Hall–Kier alpha value is -1.34. The van der Waals surface area contributed by atoms with Gasteiger partial charge in [-0.25, -0.2) is 4.39 Å². The van der Waals surface area contributed by atoms with Gasteiger partial charge in [-0.15, -0.1) is 0 Å². The normalized spacial score (nSPS) is 14.2. The molecular formula is C17H21ClF4O3. The molecule has 0 aromatic heterocycles. The lowest BCUT2D eigenvalue weighted by molar-refractivity contribution is -0.148. The number of hydrogen-bond acceptors (Lipinski definition) is 3. The molecule has 0 aliphatic rings. The molecule has 1 aromatic carbocycles. The highest BCUT2D eigenvalue weighted by Gasteiger charge is 2.37. The monoisotopic (exact) mass is 384 g/mol. The Morgan fingerprint density at radius 3 is 2.36 bits per heavy atom. The SMILES string of the molecule is CCCC(CCC(O)c1cc(F)c(C(F)(F)F)c(Cl)c1)C(=O)OCC. The van der Waals surface area contributed by atoms with Gasteiger partial charge in [0.15, 0.2) is 0 Å². The van der Waals surface area contributed by atoms with E-state index in [4.69, 9.17) is 16.3 Å². The van der Waals surface area contributed by atoms with Gasteiger partial charge in [0.1, 0.15) is 11.4 Å². The van der Waals surface area contributed by atoms with Crippen LogP contribution in [0.1, 0.15) is 56.8 Å². The minimum absolute atomic E-state index is 0.0605. The maximum atomic E-state index is 13.7. The molecule has 0 saturated carbocycles. The van der Waals surface area contributed by atoms with E-state index in [2.05, 4.69) is 0 Å². The van der Waals surface area contributed by atoms with Crippen molar-refractivity contribution in [2.75, 3.05) is 6.61 Å². The summed E-state index contributed by atoms with van der Waals surface area (Å²) in [7, 11) is 0. The van der Waals surface area contributed by atoms with Gasteiger partial charge in [-0.1, -0.05) is 24.9 Å².